The van der Waals surface area contributed by atoms with Crippen molar-refractivity contribution in [2.24, 2.45) is 7.05 Å². The van der Waals surface area contributed by atoms with Crippen LogP contribution in [-0.4, -0.2) is 33.2 Å². The molecule has 0 aliphatic carbocycles. The number of aryl methyl sites for hydroxylation is 1. The number of hydrogen-bond acceptors (Lipinski definition) is 5. The number of carbonyl (C=O) groups excluding carboxylic acids is 1. The minimum atomic E-state index is -1.18. The van der Waals surface area contributed by atoms with E-state index in [1.165, 1.54) is 11.8 Å². The normalized spacial score (nSPS) is 11.5. The standard InChI is InChI=1S/C8H13N3O3/c1-8(2,13)6-5(7(12)14-4)9-10-11(6)3/h13H,1-4H3. The first kappa shape index (κ1) is 10.6. The predicted molar refractivity (Wildman–Crippen MR) is 47.6 cm³/mol. The van der Waals surface area contributed by atoms with Crippen LogP contribution in [0, 0.1) is 0 Å². The highest BCUT2D eigenvalue weighted by Gasteiger charge is 2.29. The van der Waals surface area contributed by atoms with E-state index in [4.69, 9.17) is 0 Å². The van der Waals surface area contributed by atoms with Gasteiger partial charge in [-0.15, -0.1) is 5.10 Å². The highest BCUT2D eigenvalue weighted by molar-refractivity contribution is 5.88. The van der Waals surface area contributed by atoms with Crippen LogP contribution < -0.4 is 0 Å². The monoisotopic (exact) mass is 199 g/mol. The van der Waals surface area contributed by atoms with Gasteiger partial charge in [-0.25, -0.2) is 9.48 Å². The molecule has 0 atom stereocenters. The van der Waals surface area contributed by atoms with Crippen LogP contribution in [0.3, 0.4) is 0 Å². The quantitative estimate of drug-likeness (QED) is 0.669. The fourth-order valence-electron chi connectivity index (χ4n) is 1.28. The molecule has 6 heteroatoms. The number of methoxy groups -OCH3 is 1. The molecule has 0 saturated carbocycles. The number of ether oxygens (including phenoxy) is 1. The van der Waals surface area contributed by atoms with Crippen LogP contribution in [0.15, 0.2) is 0 Å². The van der Waals surface area contributed by atoms with Crippen LogP contribution >= 0.6 is 0 Å². The molecule has 1 rings (SSSR count). The topological polar surface area (TPSA) is 77.2 Å². The summed E-state index contributed by atoms with van der Waals surface area (Å²) in [5.41, 5.74) is -0.797. The van der Waals surface area contributed by atoms with Crippen LogP contribution in [0.2, 0.25) is 0 Å². The molecule has 0 saturated heterocycles. The molecule has 0 fully saturated rings. The summed E-state index contributed by atoms with van der Waals surface area (Å²) in [6.45, 7) is 3.11. The van der Waals surface area contributed by atoms with Gasteiger partial charge >= 0.3 is 5.97 Å². The Hall–Kier alpha value is -1.43. The lowest BCUT2D eigenvalue weighted by molar-refractivity contribution is 0.0527. The highest BCUT2D eigenvalue weighted by atomic mass is 16.5. The maximum Gasteiger partial charge on any atom is 0.360 e. The molecule has 0 amide bonds. The second-order valence-electron chi connectivity index (χ2n) is 3.46. The van der Waals surface area contributed by atoms with Crippen LogP contribution in [-0.2, 0) is 17.4 Å². The summed E-state index contributed by atoms with van der Waals surface area (Å²) in [5, 5.41) is 17.1. The minimum Gasteiger partial charge on any atom is -0.464 e. The molecule has 0 unspecified atom stereocenters. The van der Waals surface area contributed by atoms with E-state index in [1.54, 1.807) is 20.9 Å². The Morgan fingerprint density at radius 3 is 2.57 bits per heavy atom. The van der Waals surface area contributed by atoms with Gasteiger partial charge in [-0.2, -0.15) is 0 Å². The van der Waals surface area contributed by atoms with Gasteiger partial charge in [0.15, 0.2) is 5.69 Å². The van der Waals surface area contributed by atoms with E-state index in [2.05, 4.69) is 15.0 Å². The van der Waals surface area contributed by atoms with Crippen molar-refractivity contribution in [3.05, 3.63) is 11.4 Å². The zero-order chi connectivity index (χ0) is 10.9. The van der Waals surface area contributed by atoms with E-state index in [-0.39, 0.29) is 5.69 Å². The smallest absolute Gasteiger partial charge is 0.360 e. The Morgan fingerprint density at radius 1 is 1.57 bits per heavy atom. The first-order valence-corrected chi connectivity index (χ1v) is 4.08. The largest absolute Gasteiger partial charge is 0.464 e. The number of hydrogen-bond donors (Lipinski definition) is 1. The van der Waals surface area contributed by atoms with Gasteiger partial charge in [-0.1, -0.05) is 5.21 Å². The number of aliphatic hydroxyl groups is 1. The van der Waals surface area contributed by atoms with Gasteiger partial charge in [0.05, 0.1) is 7.11 Å². The average molecular weight is 199 g/mol. The lowest BCUT2D eigenvalue weighted by Gasteiger charge is -2.17. The maximum absolute atomic E-state index is 11.2. The van der Waals surface area contributed by atoms with Gasteiger partial charge in [-0.3, -0.25) is 0 Å². The molecule has 0 aliphatic rings. The fourth-order valence-corrected chi connectivity index (χ4v) is 1.28. The zero-order valence-electron chi connectivity index (χ0n) is 8.61. The van der Waals surface area contributed by atoms with Gasteiger partial charge in [0.1, 0.15) is 11.3 Å². The molecule has 1 aromatic heterocycles. The number of aromatic nitrogens is 3. The third-order valence-corrected chi connectivity index (χ3v) is 1.79. The third kappa shape index (κ3) is 1.74. The van der Waals surface area contributed by atoms with Gasteiger partial charge in [0, 0.05) is 7.05 Å². The highest BCUT2D eigenvalue weighted by Crippen LogP contribution is 2.21. The van der Waals surface area contributed by atoms with E-state index in [0.717, 1.165) is 0 Å². The van der Waals surface area contributed by atoms with Crippen molar-refractivity contribution in [3.63, 3.8) is 0 Å². The summed E-state index contributed by atoms with van der Waals surface area (Å²) in [4.78, 5) is 11.2. The van der Waals surface area contributed by atoms with Crippen molar-refractivity contribution in [2.75, 3.05) is 7.11 Å². The number of rotatable bonds is 2. The average Bonchev–Trinajstić information content (AvgIpc) is 2.44. The molecular weight excluding hydrogens is 186 g/mol. The van der Waals surface area contributed by atoms with E-state index in [9.17, 15) is 9.90 Å². The molecule has 1 heterocycles. The molecule has 0 radical (unpaired) electrons. The van der Waals surface area contributed by atoms with Crippen molar-refractivity contribution in [3.8, 4) is 0 Å². The molecule has 78 valence electrons. The molecule has 0 aliphatic heterocycles. The Bertz CT molecular complexity index is 351. The summed E-state index contributed by atoms with van der Waals surface area (Å²) < 4.78 is 5.87. The molecule has 1 N–H and O–H groups in total. The fraction of sp³-hybridized carbons (Fsp3) is 0.625. The SMILES string of the molecule is COC(=O)c1nnn(C)c1C(C)(C)O. The molecule has 1 aromatic rings. The minimum absolute atomic E-state index is 0.0440. The molecule has 14 heavy (non-hydrogen) atoms. The molecular formula is C8H13N3O3. The van der Waals surface area contributed by atoms with Crippen molar-refractivity contribution in [1.29, 1.82) is 0 Å². The van der Waals surface area contributed by atoms with Gasteiger partial charge in [0.25, 0.3) is 0 Å². The third-order valence-electron chi connectivity index (χ3n) is 1.79. The summed E-state index contributed by atoms with van der Waals surface area (Å²) in [6.07, 6.45) is 0. The van der Waals surface area contributed by atoms with Crippen LogP contribution in [0.4, 0.5) is 0 Å². The van der Waals surface area contributed by atoms with E-state index in [0.29, 0.717) is 5.69 Å². The van der Waals surface area contributed by atoms with Crippen molar-refractivity contribution < 1.29 is 14.6 Å². The second kappa shape index (κ2) is 3.38. The lowest BCUT2D eigenvalue weighted by Crippen LogP contribution is -2.23. The Morgan fingerprint density at radius 2 is 2.14 bits per heavy atom. The van der Waals surface area contributed by atoms with Crippen molar-refractivity contribution in [1.82, 2.24) is 15.0 Å². The summed E-state index contributed by atoms with van der Waals surface area (Å²) in [7, 11) is 2.86. The van der Waals surface area contributed by atoms with Gasteiger partial charge in [0.2, 0.25) is 0 Å². The number of esters is 1. The van der Waals surface area contributed by atoms with Crippen LogP contribution in [0.1, 0.15) is 30.0 Å². The van der Waals surface area contributed by atoms with Crippen molar-refractivity contribution in [2.45, 2.75) is 19.4 Å². The second-order valence-corrected chi connectivity index (χ2v) is 3.46. The maximum atomic E-state index is 11.2. The summed E-state index contributed by atoms with van der Waals surface area (Å²) >= 11 is 0. The Kier molecular flexibility index (Phi) is 2.57. The Balaban J connectivity index is 3.27. The molecule has 0 spiro atoms. The first-order valence-electron chi connectivity index (χ1n) is 4.08. The number of carbonyl (C=O) groups is 1. The van der Waals surface area contributed by atoms with Crippen molar-refractivity contribution >= 4 is 5.97 Å². The van der Waals surface area contributed by atoms with Gasteiger partial charge < -0.3 is 9.84 Å². The number of nitrogens with zero attached hydrogens (tertiary/aromatic N) is 3. The predicted octanol–water partition coefficient (Wildman–Crippen LogP) is -0.171. The van der Waals surface area contributed by atoms with Gasteiger partial charge in [-0.05, 0) is 13.8 Å². The molecule has 0 bridgehead atoms. The van der Waals surface area contributed by atoms with Crippen LogP contribution in [0.5, 0.6) is 0 Å². The molecule has 0 aromatic carbocycles. The molecule has 6 nitrogen and oxygen atoms in total. The van der Waals surface area contributed by atoms with E-state index >= 15 is 0 Å². The summed E-state index contributed by atoms with van der Waals surface area (Å²) in [5.74, 6) is -0.602. The van der Waals surface area contributed by atoms with E-state index < -0.39 is 11.6 Å². The zero-order valence-corrected chi connectivity index (χ0v) is 8.61. The van der Waals surface area contributed by atoms with E-state index in [1.807, 2.05) is 0 Å². The summed E-state index contributed by atoms with van der Waals surface area (Å²) in [6, 6.07) is 0. The Labute approximate surface area is 81.5 Å². The first-order chi connectivity index (χ1) is 6.38. The lowest BCUT2D eigenvalue weighted by atomic mass is 10.0. The van der Waals surface area contributed by atoms with Crippen LogP contribution in [0.25, 0.3) is 0 Å².